The zero-order chi connectivity index (χ0) is 18.1. The summed E-state index contributed by atoms with van der Waals surface area (Å²) in [6.45, 7) is 5.16. The van der Waals surface area contributed by atoms with E-state index in [1.54, 1.807) is 0 Å². The number of nitrogens with one attached hydrogen (secondary N) is 1. The second-order valence-electron chi connectivity index (χ2n) is 8.28. The summed E-state index contributed by atoms with van der Waals surface area (Å²) in [7, 11) is 0. The average molecular weight is 367 g/mol. The summed E-state index contributed by atoms with van der Waals surface area (Å²) in [4.78, 5) is 2.51. The molecule has 0 amide bonds. The van der Waals surface area contributed by atoms with Gasteiger partial charge in [-0.05, 0) is 57.3 Å². The highest BCUT2D eigenvalue weighted by Crippen LogP contribution is 2.36. The van der Waals surface area contributed by atoms with Crippen molar-refractivity contribution in [1.29, 1.82) is 0 Å². The van der Waals surface area contributed by atoms with Crippen molar-refractivity contribution < 1.29 is 4.74 Å². The van der Waals surface area contributed by atoms with E-state index in [2.05, 4.69) is 44.8 Å². The van der Waals surface area contributed by atoms with Crippen LogP contribution >= 0.6 is 0 Å². The molecular formula is C21H29N5O. The number of para-hydroxylation sites is 1. The van der Waals surface area contributed by atoms with E-state index in [0.29, 0.717) is 6.10 Å². The SMILES string of the molecule is c1ccc(-n2nnc3c2CCN(CC2CCCC4(CCNCC4)O2)C3)cc1. The molecule has 2 aromatic rings. The molecule has 0 radical (unpaired) electrons. The highest BCUT2D eigenvalue weighted by molar-refractivity contribution is 5.33. The van der Waals surface area contributed by atoms with Crippen molar-refractivity contribution in [2.75, 3.05) is 26.2 Å². The third kappa shape index (κ3) is 3.53. The number of ether oxygens (including phenoxy) is 1. The lowest BCUT2D eigenvalue weighted by Gasteiger charge is -2.45. The van der Waals surface area contributed by atoms with E-state index in [1.165, 1.54) is 37.8 Å². The number of nitrogens with zero attached hydrogens (tertiary/aromatic N) is 4. The zero-order valence-electron chi connectivity index (χ0n) is 15.9. The van der Waals surface area contributed by atoms with E-state index in [1.807, 2.05) is 10.7 Å². The molecule has 144 valence electrons. The fourth-order valence-electron chi connectivity index (χ4n) is 4.98. The molecule has 27 heavy (non-hydrogen) atoms. The van der Waals surface area contributed by atoms with E-state index in [4.69, 9.17) is 4.74 Å². The van der Waals surface area contributed by atoms with Gasteiger partial charge in [-0.1, -0.05) is 23.4 Å². The van der Waals surface area contributed by atoms with Gasteiger partial charge in [0.05, 0.1) is 23.1 Å². The minimum absolute atomic E-state index is 0.144. The van der Waals surface area contributed by atoms with Crippen LogP contribution in [0.3, 0.4) is 0 Å². The molecule has 1 aromatic carbocycles. The first-order chi connectivity index (χ1) is 13.3. The molecule has 2 fully saturated rings. The first kappa shape index (κ1) is 17.3. The molecule has 5 rings (SSSR count). The van der Waals surface area contributed by atoms with Gasteiger partial charge in [-0.25, -0.2) is 4.68 Å². The predicted molar refractivity (Wildman–Crippen MR) is 104 cm³/mol. The largest absolute Gasteiger partial charge is 0.370 e. The topological polar surface area (TPSA) is 55.2 Å². The van der Waals surface area contributed by atoms with Gasteiger partial charge < -0.3 is 10.1 Å². The summed E-state index contributed by atoms with van der Waals surface area (Å²) in [6.07, 6.45) is 7.42. The predicted octanol–water partition coefficient (Wildman–Crippen LogP) is 2.32. The molecule has 0 saturated carbocycles. The van der Waals surface area contributed by atoms with Gasteiger partial charge in [0.1, 0.15) is 5.69 Å². The van der Waals surface area contributed by atoms with Crippen LogP contribution in [0, 0.1) is 0 Å². The van der Waals surface area contributed by atoms with E-state index in [9.17, 15) is 0 Å². The fraction of sp³-hybridized carbons (Fsp3) is 0.619. The van der Waals surface area contributed by atoms with Crippen molar-refractivity contribution in [1.82, 2.24) is 25.2 Å². The molecule has 0 bridgehead atoms. The average Bonchev–Trinajstić information content (AvgIpc) is 3.13. The Balaban J connectivity index is 1.25. The van der Waals surface area contributed by atoms with Crippen molar-refractivity contribution in [2.45, 2.75) is 56.8 Å². The van der Waals surface area contributed by atoms with Crippen LogP contribution in [0.4, 0.5) is 0 Å². The minimum Gasteiger partial charge on any atom is -0.370 e. The van der Waals surface area contributed by atoms with Crippen molar-refractivity contribution in [3.8, 4) is 5.69 Å². The van der Waals surface area contributed by atoms with E-state index in [0.717, 1.165) is 50.5 Å². The molecule has 1 N–H and O–H groups in total. The zero-order valence-corrected chi connectivity index (χ0v) is 15.9. The lowest BCUT2D eigenvalue weighted by atomic mass is 9.83. The maximum atomic E-state index is 6.66. The maximum absolute atomic E-state index is 6.66. The second kappa shape index (κ2) is 7.34. The van der Waals surface area contributed by atoms with Crippen molar-refractivity contribution in [3.05, 3.63) is 41.7 Å². The lowest BCUT2D eigenvalue weighted by Crippen LogP contribution is -2.51. The van der Waals surface area contributed by atoms with Gasteiger partial charge in [-0.3, -0.25) is 4.90 Å². The summed E-state index contributed by atoms with van der Waals surface area (Å²) in [5.74, 6) is 0. The number of piperidine rings is 1. The fourth-order valence-corrected chi connectivity index (χ4v) is 4.98. The molecular weight excluding hydrogens is 338 g/mol. The van der Waals surface area contributed by atoms with E-state index in [-0.39, 0.29) is 5.60 Å². The van der Waals surface area contributed by atoms with Crippen LogP contribution in [0.5, 0.6) is 0 Å². The summed E-state index contributed by atoms with van der Waals surface area (Å²) < 4.78 is 8.66. The van der Waals surface area contributed by atoms with Crippen LogP contribution in [-0.2, 0) is 17.7 Å². The van der Waals surface area contributed by atoms with Crippen molar-refractivity contribution in [2.24, 2.45) is 0 Å². The third-order valence-electron chi connectivity index (χ3n) is 6.43. The lowest BCUT2D eigenvalue weighted by molar-refractivity contribution is -0.149. The van der Waals surface area contributed by atoms with Crippen molar-refractivity contribution in [3.63, 3.8) is 0 Å². The van der Waals surface area contributed by atoms with Gasteiger partial charge in [0.2, 0.25) is 0 Å². The van der Waals surface area contributed by atoms with Gasteiger partial charge in [-0.15, -0.1) is 5.10 Å². The second-order valence-corrected chi connectivity index (χ2v) is 8.28. The molecule has 1 spiro atoms. The summed E-state index contributed by atoms with van der Waals surface area (Å²) in [5.41, 5.74) is 3.63. The summed E-state index contributed by atoms with van der Waals surface area (Å²) >= 11 is 0. The Labute approximate surface area is 160 Å². The Bertz CT molecular complexity index is 763. The number of rotatable bonds is 3. The van der Waals surface area contributed by atoms with Gasteiger partial charge in [0.15, 0.2) is 0 Å². The van der Waals surface area contributed by atoms with E-state index < -0.39 is 0 Å². The van der Waals surface area contributed by atoms with Crippen molar-refractivity contribution >= 4 is 0 Å². The molecule has 3 aliphatic heterocycles. The Morgan fingerprint density at radius 2 is 2.00 bits per heavy atom. The molecule has 3 aliphatic rings. The standard InChI is InChI=1S/C21H29N5O/c1-2-5-17(6-3-1)26-20-8-14-25(16-19(20)23-24-26)15-18-7-4-9-21(27-18)10-12-22-13-11-21/h1-3,5-6,18,22H,4,7-16H2. The summed E-state index contributed by atoms with van der Waals surface area (Å²) in [5, 5.41) is 12.4. The van der Waals surface area contributed by atoms with Crippen LogP contribution in [0.2, 0.25) is 0 Å². The number of fused-ring (bicyclic) bond motifs is 1. The first-order valence-corrected chi connectivity index (χ1v) is 10.4. The molecule has 1 aromatic heterocycles. The van der Waals surface area contributed by atoms with E-state index >= 15 is 0 Å². The third-order valence-corrected chi connectivity index (χ3v) is 6.43. The quantitative estimate of drug-likeness (QED) is 0.902. The van der Waals surface area contributed by atoms with Gasteiger partial charge in [-0.2, -0.15) is 0 Å². The first-order valence-electron chi connectivity index (χ1n) is 10.4. The Hall–Kier alpha value is -1.76. The molecule has 1 unspecified atom stereocenters. The maximum Gasteiger partial charge on any atom is 0.100 e. The van der Waals surface area contributed by atoms with Crippen LogP contribution in [-0.4, -0.2) is 57.8 Å². The monoisotopic (exact) mass is 367 g/mol. The number of benzene rings is 1. The Morgan fingerprint density at radius 1 is 1.15 bits per heavy atom. The minimum atomic E-state index is 0.144. The molecule has 1 atom stereocenters. The van der Waals surface area contributed by atoms with Crippen LogP contribution in [0.15, 0.2) is 30.3 Å². The molecule has 0 aliphatic carbocycles. The van der Waals surface area contributed by atoms with Crippen LogP contribution < -0.4 is 5.32 Å². The normalized spacial score (nSPS) is 25.4. The molecule has 6 heteroatoms. The van der Waals surface area contributed by atoms with Gasteiger partial charge >= 0.3 is 0 Å². The number of aromatic nitrogens is 3. The highest BCUT2D eigenvalue weighted by Gasteiger charge is 2.39. The van der Waals surface area contributed by atoms with Crippen LogP contribution in [0.25, 0.3) is 5.69 Å². The van der Waals surface area contributed by atoms with Gasteiger partial charge in [0.25, 0.3) is 0 Å². The Kier molecular flexibility index (Phi) is 4.71. The number of hydrogen-bond donors (Lipinski definition) is 1. The van der Waals surface area contributed by atoms with Gasteiger partial charge in [0, 0.05) is 26.1 Å². The number of hydrogen-bond acceptors (Lipinski definition) is 5. The molecule has 2 saturated heterocycles. The molecule has 4 heterocycles. The smallest absolute Gasteiger partial charge is 0.100 e. The highest BCUT2D eigenvalue weighted by atomic mass is 16.5. The Morgan fingerprint density at radius 3 is 2.85 bits per heavy atom. The summed E-state index contributed by atoms with van der Waals surface area (Å²) in [6, 6.07) is 10.3. The molecule has 6 nitrogen and oxygen atoms in total. The van der Waals surface area contributed by atoms with Crippen LogP contribution in [0.1, 0.15) is 43.5 Å².